The first kappa shape index (κ1) is 21.1. The topological polar surface area (TPSA) is 53.6 Å². The van der Waals surface area contributed by atoms with Crippen molar-refractivity contribution < 1.29 is 9.53 Å². The van der Waals surface area contributed by atoms with Gasteiger partial charge in [0.05, 0.1) is 0 Å². The Hall–Kier alpha value is -2.18. The lowest BCUT2D eigenvalue weighted by molar-refractivity contribution is 0.0508. The van der Waals surface area contributed by atoms with Crippen molar-refractivity contribution in [2.75, 3.05) is 54.6 Å². The largest absolute Gasteiger partial charge is 0.381 e. The molecule has 2 aliphatic rings. The molecule has 0 aliphatic carbocycles. The highest BCUT2D eigenvalue weighted by molar-refractivity contribution is 7.99. The average Bonchev–Trinajstić information content (AvgIpc) is 2.81. The third kappa shape index (κ3) is 4.93. The zero-order valence-electron chi connectivity index (χ0n) is 17.7. The van der Waals surface area contributed by atoms with E-state index in [1.807, 2.05) is 23.9 Å². The van der Waals surface area contributed by atoms with E-state index in [-0.39, 0.29) is 11.4 Å². The van der Waals surface area contributed by atoms with Gasteiger partial charge in [-0.1, -0.05) is 30.3 Å². The summed E-state index contributed by atoms with van der Waals surface area (Å²) in [4.78, 5) is 15.1. The summed E-state index contributed by atoms with van der Waals surface area (Å²) in [6.45, 7) is 6.30. The van der Waals surface area contributed by atoms with Crippen LogP contribution in [0.3, 0.4) is 0 Å². The number of ether oxygens (including phenoxy) is 1. The van der Waals surface area contributed by atoms with Gasteiger partial charge in [-0.05, 0) is 49.1 Å². The molecule has 0 radical (unpaired) electrons. The number of nitrogens with one attached hydrogen (secondary N) is 2. The minimum absolute atomic E-state index is 0.0674. The smallest absolute Gasteiger partial charge is 0.319 e. The van der Waals surface area contributed by atoms with E-state index >= 15 is 0 Å². The Morgan fingerprint density at radius 1 is 1.10 bits per heavy atom. The molecular weight excluding hydrogens is 394 g/mol. The minimum Gasteiger partial charge on any atom is -0.381 e. The van der Waals surface area contributed by atoms with Crippen LogP contribution in [-0.4, -0.2) is 50.4 Å². The maximum Gasteiger partial charge on any atom is 0.319 e. The number of carbonyl (C=O) groups excluding carboxylic acids is 1. The summed E-state index contributed by atoms with van der Waals surface area (Å²) in [6, 6.07) is 16.6. The average molecular weight is 426 g/mol. The van der Waals surface area contributed by atoms with E-state index in [1.54, 1.807) is 0 Å². The first-order chi connectivity index (χ1) is 14.7. The minimum atomic E-state index is -0.151. The van der Waals surface area contributed by atoms with Gasteiger partial charge in [0.1, 0.15) is 0 Å². The second-order valence-electron chi connectivity index (χ2n) is 8.17. The molecule has 0 spiro atoms. The molecule has 2 aliphatic heterocycles. The van der Waals surface area contributed by atoms with Crippen LogP contribution in [0.5, 0.6) is 0 Å². The molecule has 2 heterocycles. The Balaban J connectivity index is 1.39. The molecule has 0 aromatic heterocycles. The third-order valence-corrected chi connectivity index (χ3v) is 7.20. The standard InChI is InChI=1S/C24H31N3O2S/c1-19-17-21(27-11-15-30-16-12-27)7-8-22(19)26-23(28)25-18-24(9-13-29-14-10-24)20-5-3-2-4-6-20/h2-8,17H,9-16,18H2,1H3,(H2,25,26,28). The predicted molar refractivity (Wildman–Crippen MR) is 126 cm³/mol. The van der Waals surface area contributed by atoms with Crippen LogP contribution in [0.15, 0.2) is 48.5 Å². The van der Waals surface area contributed by atoms with Crippen LogP contribution in [0.25, 0.3) is 0 Å². The second kappa shape index (κ2) is 9.75. The van der Waals surface area contributed by atoms with Gasteiger partial charge in [-0.3, -0.25) is 0 Å². The van der Waals surface area contributed by atoms with Crippen molar-refractivity contribution in [3.05, 3.63) is 59.7 Å². The Kier molecular flexibility index (Phi) is 6.85. The van der Waals surface area contributed by atoms with Gasteiger partial charge in [0.25, 0.3) is 0 Å². The summed E-state index contributed by atoms with van der Waals surface area (Å²) in [5.41, 5.74) is 4.40. The number of benzene rings is 2. The number of carbonyl (C=O) groups is 1. The molecule has 2 amide bonds. The lowest BCUT2D eigenvalue weighted by Gasteiger charge is -2.38. The van der Waals surface area contributed by atoms with Crippen molar-refractivity contribution in [1.29, 1.82) is 0 Å². The number of nitrogens with zero attached hydrogens (tertiary/aromatic N) is 1. The number of amides is 2. The van der Waals surface area contributed by atoms with Crippen molar-refractivity contribution in [3.8, 4) is 0 Å². The highest BCUT2D eigenvalue weighted by atomic mass is 32.2. The fourth-order valence-corrected chi connectivity index (χ4v) is 5.25. The van der Waals surface area contributed by atoms with Crippen molar-refractivity contribution in [2.45, 2.75) is 25.2 Å². The fourth-order valence-electron chi connectivity index (χ4n) is 4.34. The Morgan fingerprint density at radius 3 is 2.53 bits per heavy atom. The summed E-state index contributed by atoms with van der Waals surface area (Å²) >= 11 is 2.01. The Labute approximate surface area is 183 Å². The summed E-state index contributed by atoms with van der Waals surface area (Å²) in [7, 11) is 0. The summed E-state index contributed by atoms with van der Waals surface area (Å²) in [5.74, 6) is 2.35. The first-order valence-corrected chi connectivity index (χ1v) is 11.9. The van der Waals surface area contributed by atoms with Crippen LogP contribution < -0.4 is 15.5 Å². The van der Waals surface area contributed by atoms with Crippen LogP contribution in [0, 0.1) is 6.92 Å². The zero-order valence-corrected chi connectivity index (χ0v) is 18.5. The van der Waals surface area contributed by atoms with Gasteiger partial charge in [0.2, 0.25) is 0 Å². The van der Waals surface area contributed by atoms with E-state index in [0.717, 1.165) is 50.4 Å². The molecule has 2 fully saturated rings. The van der Waals surface area contributed by atoms with Crippen molar-refractivity contribution in [3.63, 3.8) is 0 Å². The molecule has 0 unspecified atom stereocenters. The van der Waals surface area contributed by atoms with Crippen molar-refractivity contribution in [2.24, 2.45) is 0 Å². The number of hydrogen-bond acceptors (Lipinski definition) is 4. The molecule has 2 saturated heterocycles. The molecule has 2 aromatic rings. The number of anilines is 2. The molecule has 2 N–H and O–H groups in total. The highest BCUT2D eigenvalue weighted by Crippen LogP contribution is 2.34. The second-order valence-corrected chi connectivity index (χ2v) is 9.39. The van der Waals surface area contributed by atoms with Gasteiger partial charge >= 0.3 is 6.03 Å². The Bertz CT molecular complexity index is 847. The van der Waals surface area contributed by atoms with Crippen LogP contribution >= 0.6 is 11.8 Å². The van der Waals surface area contributed by atoms with Crippen LogP contribution in [-0.2, 0) is 10.2 Å². The van der Waals surface area contributed by atoms with Gasteiger partial charge < -0.3 is 20.3 Å². The van der Waals surface area contributed by atoms with Crippen LogP contribution in [0.1, 0.15) is 24.0 Å². The number of urea groups is 1. The normalized spacial score (nSPS) is 18.6. The predicted octanol–water partition coefficient (Wildman–Crippen LogP) is 4.42. The molecule has 0 atom stereocenters. The molecule has 5 nitrogen and oxygen atoms in total. The van der Waals surface area contributed by atoms with E-state index in [4.69, 9.17) is 4.74 Å². The molecule has 30 heavy (non-hydrogen) atoms. The van der Waals surface area contributed by atoms with Gasteiger partial charge in [-0.15, -0.1) is 0 Å². The maximum absolute atomic E-state index is 12.7. The number of hydrogen-bond donors (Lipinski definition) is 2. The quantitative estimate of drug-likeness (QED) is 0.745. The van der Waals surface area contributed by atoms with Gasteiger partial charge in [-0.25, -0.2) is 4.79 Å². The lowest BCUT2D eigenvalue weighted by Crippen LogP contribution is -2.45. The van der Waals surface area contributed by atoms with Crippen molar-refractivity contribution in [1.82, 2.24) is 5.32 Å². The van der Waals surface area contributed by atoms with Crippen molar-refractivity contribution >= 4 is 29.2 Å². The number of aryl methyl sites for hydroxylation is 1. The zero-order chi connectivity index (χ0) is 20.8. The lowest BCUT2D eigenvalue weighted by atomic mass is 9.74. The summed E-state index contributed by atoms with van der Waals surface area (Å²) in [5, 5.41) is 6.17. The van der Waals surface area contributed by atoms with E-state index < -0.39 is 0 Å². The van der Waals surface area contributed by atoms with E-state index in [1.165, 1.54) is 22.8 Å². The molecule has 0 saturated carbocycles. The van der Waals surface area contributed by atoms with E-state index in [0.29, 0.717) is 6.54 Å². The molecule has 0 bridgehead atoms. The Morgan fingerprint density at radius 2 is 1.83 bits per heavy atom. The summed E-state index contributed by atoms with van der Waals surface area (Å²) in [6.07, 6.45) is 1.83. The van der Waals surface area contributed by atoms with Gasteiger partial charge in [0, 0.05) is 61.1 Å². The summed E-state index contributed by atoms with van der Waals surface area (Å²) < 4.78 is 5.59. The third-order valence-electron chi connectivity index (χ3n) is 6.26. The monoisotopic (exact) mass is 425 g/mol. The molecule has 6 heteroatoms. The van der Waals surface area contributed by atoms with E-state index in [2.05, 4.69) is 58.9 Å². The maximum atomic E-state index is 12.7. The van der Waals surface area contributed by atoms with Gasteiger partial charge in [0.15, 0.2) is 0 Å². The van der Waals surface area contributed by atoms with Crippen LogP contribution in [0.2, 0.25) is 0 Å². The first-order valence-electron chi connectivity index (χ1n) is 10.8. The molecule has 160 valence electrons. The fraction of sp³-hybridized carbons (Fsp3) is 0.458. The van der Waals surface area contributed by atoms with Gasteiger partial charge in [-0.2, -0.15) is 11.8 Å². The highest BCUT2D eigenvalue weighted by Gasteiger charge is 2.34. The van der Waals surface area contributed by atoms with Crippen LogP contribution in [0.4, 0.5) is 16.2 Å². The number of rotatable bonds is 5. The number of thioether (sulfide) groups is 1. The van der Waals surface area contributed by atoms with E-state index in [9.17, 15) is 4.79 Å². The SMILES string of the molecule is Cc1cc(N2CCSCC2)ccc1NC(=O)NCC1(c2ccccc2)CCOCC1. The molecule has 4 rings (SSSR count). The molecule has 2 aromatic carbocycles. The molecular formula is C24H31N3O2S.